The third-order valence-electron chi connectivity index (χ3n) is 2.72. The summed E-state index contributed by atoms with van der Waals surface area (Å²) in [5, 5.41) is 19.5. The van der Waals surface area contributed by atoms with Crippen molar-refractivity contribution in [3.63, 3.8) is 0 Å². The number of hydrogen-bond acceptors (Lipinski definition) is 3. The summed E-state index contributed by atoms with van der Waals surface area (Å²) in [6.45, 7) is 0.135. The number of rotatable bonds is 5. The topological polar surface area (TPSA) is 53.6 Å². The Hall–Kier alpha value is -1.29. The minimum absolute atomic E-state index is 0.135. The Kier molecular flexibility index (Phi) is 4.42. The summed E-state index contributed by atoms with van der Waals surface area (Å²) in [7, 11) is 0. The zero-order valence-corrected chi connectivity index (χ0v) is 10.6. The maximum atomic E-state index is 10.1. The Morgan fingerprint density at radius 1 is 1.11 bits per heavy atom. The number of aliphatic hydroxyl groups is 2. The highest BCUT2D eigenvalue weighted by molar-refractivity contribution is 6.30. The molecule has 96 valence electrons. The lowest BCUT2D eigenvalue weighted by Crippen LogP contribution is -1.97. The summed E-state index contributed by atoms with van der Waals surface area (Å²) in [4.78, 5) is 0. The smallest absolute Gasteiger partial charge is 0.137 e. The second kappa shape index (κ2) is 6.05. The van der Waals surface area contributed by atoms with E-state index in [1.807, 2.05) is 6.07 Å². The third-order valence-corrected chi connectivity index (χ3v) is 2.97. The van der Waals surface area contributed by atoms with Gasteiger partial charge in [0.25, 0.3) is 0 Å². The quantitative estimate of drug-likeness (QED) is 0.875. The summed E-state index contributed by atoms with van der Waals surface area (Å²) in [6.07, 6.45) is 0.540. The van der Waals surface area contributed by atoms with Crippen LogP contribution < -0.4 is 0 Å². The normalized spacial score (nSPS) is 12.6. The number of benzene rings is 1. The van der Waals surface area contributed by atoms with Crippen molar-refractivity contribution in [3.8, 4) is 0 Å². The molecule has 4 heteroatoms. The minimum atomic E-state index is -0.787. The zero-order chi connectivity index (χ0) is 13.0. The molecule has 3 nitrogen and oxygen atoms in total. The van der Waals surface area contributed by atoms with Gasteiger partial charge in [-0.05, 0) is 36.2 Å². The summed E-state index contributed by atoms with van der Waals surface area (Å²) in [5.41, 5.74) is 0.738. The maximum absolute atomic E-state index is 10.1. The molecular weight excluding hydrogens is 252 g/mol. The van der Waals surface area contributed by atoms with Gasteiger partial charge in [-0.25, -0.2) is 0 Å². The van der Waals surface area contributed by atoms with Gasteiger partial charge in [0, 0.05) is 18.1 Å². The number of hydrogen-bond donors (Lipinski definition) is 2. The highest BCUT2D eigenvalue weighted by atomic mass is 35.5. The highest BCUT2D eigenvalue weighted by Crippen LogP contribution is 2.25. The van der Waals surface area contributed by atoms with E-state index in [9.17, 15) is 5.11 Å². The molecule has 2 N–H and O–H groups in total. The first-order valence-corrected chi connectivity index (χ1v) is 6.21. The lowest BCUT2D eigenvalue weighted by molar-refractivity contribution is 0.186. The second-order valence-electron chi connectivity index (χ2n) is 4.09. The predicted octanol–water partition coefficient (Wildman–Crippen LogP) is 2.94. The molecule has 18 heavy (non-hydrogen) atoms. The molecule has 0 saturated heterocycles. The molecule has 1 unspecified atom stereocenters. The SMILES string of the molecule is OCCCc1ccc(C(O)c2ccc(Cl)cc2)o1. The van der Waals surface area contributed by atoms with Crippen LogP contribution in [-0.4, -0.2) is 16.8 Å². The van der Waals surface area contributed by atoms with Gasteiger partial charge >= 0.3 is 0 Å². The van der Waals surface area contributed by atoms with Crippen LogP contribution in [-0.2, 0) is 6.42 Å². The van der Waals surface area contributed by atoms with Crippen LogP contribution in [0.3, 0.4) is 0 Å². The van der Waals surface area contributed by atoms with Crippen LogP contribution >= 0.6 is 11.6 Å². The zero-order valence-electron chi connectivity index (χ0n) is 9.84. The molecule has 0 amide bonds. The van der Waals surface area contributed by atoms with Gasteiger partial charge in [0.2, 0.25) is 0 Å². The molecule has 0 bridgehead atoms. The van der Waals surface area contributed by atoms with E-state index < -0.39 is 6.10 Å². The van der Waals surface area contributed by atoms with Crippen molar-refractivity contribution < 1.29 is 14.6 Å². The summed E-state index contributed by atoms with van der Waals surface area (Å²) >= 11 is 5.79. The van der Waals surface area contributed by atoms with Gasteiger partial charge in [-0.2, -0.15) is 0 Å². The van der Waals surface area contributed by atoms with Crippen molar-refractivity contribution in [1.82, 2.24) is 0 Å². The average molecular weight is 267 g/mol. The summed E-state index contributed by atoms with van der Waals surface area (Å²) in [6, 6.07) is 10.6. The van der Waals surface area contributed by atoms with Crippen molar-refractivity contribution in [1.29, 1.82) is 0 Å². The fourth-order valence-electron chi connectivity index (χ4n) is 1.74. The van der Waals surface area contributed by atoms with Gasteiger partial charge in [0.15, 0.2) is 0 Å². The van der Waals surface area contributed by atoms with Crippen molar-refractivity contribution in [2.24, 2.45) is 0 Å². The lowest BCUT2D eigenvalue weighted by Gasteiger charge is -2.08. The summed E-state index contributed by atoms with van der Waals surface area (Å²) in [5.74, 6) is 1.28. The van der Waals surface area contributed by atoms with Crippen molar-refractivity contribution >= 4 is 11.6 Å². The van der Waals surface area contributed by atoms with Crippen molar-refractivity contribution in [2.75, 3.05) is 6.61 Å². The molecule has 0 radical (unpaired) electrons. The minimum Gasteiger partial charge on any atom is -0.463 e. The molecule has 0 fully saturated rings. The molecule has 1 heterocycles. The van der Waals surface area contributed by atoms with E-state index in [0.29, 0.717) is 23.6 Å². The average Bonchev–Trinajstić information content (AvgIpc) is 2.85. The van der Waals surface area contributed by atoms with Crippen LogP contribution in [0.15, 0.2) is 40.8 Å². The number of furan rings is 1. The Bertz CT molecular complexity index is 490. The van der Waals surface area contributed by atoms with Gasteiger partial charge in [-0.15, -0.1) is 0 Å². The van der Waals surface area contributed by atoms with E-state index in [1.54, 1.807) is 30.3 Å². The summed E-state index contributed by atoms with van der Waals surface area (Å²) < 4.78 is 5.54. The molecule has 0 spiro atoms. The highest BCUT2D eigenvalue weighted by Gasteiger charge is 2.14. The Balaban J connectivity index is 2.10. The molecule has 1 aromatic heterocycles. The first-order valence-electron chi connectivity index (χ1n) is 5.83. The molecule has 1 aromatic carbocycles. The predicted molar refractivity (Wildman–Crippen MR) is 69.6 cm³/mol. The van der Waals surface area contributed by atoms with Gasteiger partial charge in [0.1, 0.15) is 17.6 Å². The van der Waals surface area contributed by atoms with E-state index in [-0.39, 0.29) is 6.61 Å². The van der Waals surface area contributed by atoms with Crippen LogP contribution in [0.4, 0.5) is 0 Å². The van der Waals surface area contributed by atoms with E-state index in [2.05, 4.69) is 0 Å². The molecule has 0 aliphatic rings. The van der Waals surface area contributed by atoms with Crippen molar-refractivity contribution in [2.45, 2.75) is 18.9 Å². The number of aryl methyl sites for hydroxylation is 1. The van der Waals surface area contributed by atoms with Gasteiger partial charge in [0.05, 0.1) is 0 Å². The standard InChI is InChI=1S/C14H15ClO3/c15-11-5-3-10(4-6-11)14(17)13-8-7-12(18-13)2-1-9-16/h3-8,14,16-17H,1-2,9H2. The fourth-order valence-corrected chi connectivity index (χ4v) is 1.86. The fraction of sp³-hybridized carbons (Fsp3) is 0.286. The number of halogens is 1. The van der Waals surface area contributed by atoms with Gasteiger partial charge in [-0.3, -0.25) is 0 Å². The molecule has 0 saturated carbocycles. The molecule has 0 aliphatic carbocycles. The Morgan fingerprint density at radius 3 is 2.50 bits per heavy atom. The second-order valence-corrected chi connectivity index (χ2v) is 4.52. The first-order chi connectivity index (χ1) is 8.70. The van der Waals surface area contributed by atoms with E-state index in [0.717, 1.165) is 11.3 Å². The van der Waals surface area contributed by atoms with E-state index in [1.165, 1.54) is 0 Å². The first kappa shape index (κ1) is 13.1. The molecular formula is C14H15ClO3. The number of aliphatic hydroxyl groups excluding tert-OH is 2. The van der Waals surface area contributed by atoms with Crippen LogP contribution in [0.1, 0.15) is 29.6 Å². The van der Waals surface area contributed by atoms with Crippen molar-refractivity contribution in [3.05, 3.63) is 58.5 Å². The van der Waals surface area contributed by atoms with Crippen LogP contribution in [0.2, 0.25) is 5.02 Å². The van der Waals surface area contributed by atoms with Crippen LogP contribution in [0, 0.1) is 0 Å². The maximum Gasteiger partial charge on any atom is 0.137 e. The monoisotopic (exact) mass is 266 g/mol. The van der Waals surface area contributed by atoms with Crippen LogP contribution in [0.25, 0.3) is 0 Å². The van der Waals surface area contributed by atoms with Gasteiger partial charge in [-0.1, -0.05) is 23.7 Å². The largest absolute Gasteiger partial charge is 0.463 e. The molecule has 2 rings (SSSR count). The van der Waals surface area contributed by atoms with E-state index in [4.69, 9.17) is 21.1 Å². The molecule has 0 aliphatic heterocycles. The molecule has 1 atom stereocenters. The third kappa shape index (κ3) is 3.13. The Morgan fingerprint density at radius 2 is 1.83 bits per heavy atom. The lowest BCUT2D eigenvalue weighted by atomic mass is 10.1. The van der Waals surface area contributed by atoms with E-state index >= 15 is 0 Å². The molecule has 2 aromatic rings. The Labute approximate surface area is 111 Å². The van der Waals surface area contributed by atoms with Gasteiger partial charge < -0.3 is 14.6 Å². The van der Waals surface area contributed by atoms with Crippen LogP contribution in [0.5, 0.6) is 0 Å².